The van der Waals surface area contributed by atoms with E-state index >= 15 is 0 Å². The lowest BCUT2D eigenvalue weighted by atomic mass is 9.93. The molecular weight excluding hydrogens is 318 g/mol. The average Bonchev–Trinajstić information content (AvgIpc) is 2.75. The van der Waals surface area contributed by atoms with Crippen molar-refractivity contribution in [2.75, 3.05) is 11.9 Å². The Kier molecular flexibility index (Phi) is 4.45. The number of imidazole rings is 1. The molecule has 2 rings (SSSR count). The van der Waals surface area contributed by atoms with E-state index in [4.69, 9.17) is 0 Å². The van der Waals surface area contributed by atoms with Gasteiger partial charge in [-0.25, -0.2) is 13.4 Å². The number of nitrogens with one attached hydrogen (secondary N) is 1. The first-order valence-corrected chi connectivity index (χ1v) is 8.77. The molecule has 1 aromatic rings. The Hall–Kier alpha value is -0.400. The highest BCUT2D eigenvalue weighted by molar-refractivity contribution is 9.09. The standard InChI is InChI=1S/C11H18BrN3O2S/c1-2-10-13-8-11(14-10)18(16,17)15(7-6-12)9-4-3-5-9/h8-9H,2-7H2,1H3,(H,13,14). The third-order valence-corrected chi connectivity index (χ3v) is 5.53. The van der Waals surface area contributed by atoms with Gasteiger partial charge >= 0.3 is 0 Å². The molecule has 1 aliphatic carbocycles. The SMILES string of the molecule is CCc1ncc(S(=O)(=O)N(CCBr)C2CCC2)[nH]1. The van der Waals surface area contributed by atoms with Gasteiger partial charge in [-0.2, -0.15) is 4.31 Å². The molecule has 1 heterocycles. The lowest BCUT2D eigenvalue weighted by Crippen LogP contribution is -2.45. The highest BCUT2D eigenvalue weighted by Gasteiger charge is 2.35. The molecule has 1 aromatic heterocycles. The van der Waals surface area contributed by atoms with Crippen LogP contribution in [0, 0.1) is 0 Å². The summed E-state index contributed by atoms with van der Waals surface area (Å²) in [4.78, 5) is 6.96. The lowest BCUT2D eigenvalue weighted by molar-refractivity contribution is 0.227. The van der Waals surface area contributed by atoms with Crippen LogP contribution in [0.3, 0.4) is 0 Å². The molecule has 1 aliphatic rings. The second-order valence-corrected chi connectivity index (χ2v) is 7.09. The van der Waals surface area contributed by atoms with Crippen molar-refractivity contribution in [1.82, 2.24) is 14.3 Å². The molecule has 102 valence electrons. The summed E-state index contributed by atoms with van der Waals surface area (Å²) >= 11 is 3.32. The fourth-order valence-corrected chi connectivity index (χ4v) is 4.27. The van der Waals surface area contributed by atoms with E-state index in [2.05, 4.69) is 25.9 Å². The molecule has 0 atom stereocenters. The van der Waals surface area contributed by atoms with Gasteiger partial charge in [0.1, 0.15) is 5.82 Å². The zero-order valence-electron chi connectivity index (χ0n) is 10.4. The highest BCUT2D eigenvalue weighted by Crippen LogP contribution is 2.29. The molecule has 18 heavy (non-hydrogen) atoms. The normalized spacial score (nSPS) is 17.1. The number of aryl methyl sites for hydroxylation is 1. The molecule has 1 N–H and O–H groups in total. The first-order valence-electron chi connectivity index (χ1n) is 6.21. The van der Waals surface area contributed by atoms with Gasteiger partial charge in [0.15, 0.2) is 5.03 Å². The van der Waals surface area contributed by atoms with E-state index in [1.807, 2.05) is 6.92 Å². The van der Waals surface area contributed by atoms with Crippen molar-refractivity contribution >= 4 is 26.0 Å². The predicted molar refractivity (Wildman–Crippen MR) is 73.3 cm³/mol. The van der Waals surface area contributed by atoms with Crippen LogP contribution in [0.4, 0.5) is 0 Å². The molecule has 1 fully saturated rings. The molecule has 7 heteroatoms. The summed E-state index contributed by atoms with van der Waals surface area (Å²) in [6, 6.07) is 0.154. The largest absolute Gasteiger partial charge is 0.332 e. The molecule has 0 aliphatic heterocycles. The van der Waals surface area contributed by atoms with Crippen LogP contribution in [0.5, 0.6) is 0 Å². The van der Waals surface area contributed by atoms with E-state index in [0.29, 0.717) is 24.1 Å². The smallest absolute Gasteiger partial charge is 0.260 e. The third kappa shape index (κ3) is 2.62. The molecule has 0 bridgehead atoms. The van der Waals surface area contributed by atoms with Gasteiger partial charge in [0.25, 0.3) is 10.0 Å². The Bertz CT molecular complexity index is 496. The monoisotopic (exact) mass is 335 g/mol. The number of H-pyrrole nitrogens is 1. The van der Waals surface area contributed by atoms with Gasteiger partial charge in [0, 0.05) is 24.3 Å². The fourth-order valence-electron chi connectivity index (χ4n) is 2.04. The molecule has 0 amide bonds. The summed E-state index contributed by atoms with van der Waals surface area (Å²) in [6.07, 6.45) is 5.16. The predicted octanol–water partition coefficient (Wildman–Crippen LogP) is 1.91. The Labute approximate surface area is 116 Å². The second-order valence-electron chi connectivity index (χ2n) is 4.44. The molecule has 0 radical (unpaired) electrons. The third-order valence-electron chi connectivity index (χ3n) is 3.31. The minimum Gasteiger partial charge on any atom is -0.332 e. The van der Waals surface area contributed by atoms with Crippen molar-refractivity contribution in [1.29, 1.82) is 0 Å². The minimum absolute atomic E-state index is 0.154. The van der Waals surface area contributed by atoms with E-state index < -0.39 is 10.0 Å². The van der Waals surface area contributed by atoms with Gasteiger partial charge in [0.05, 0.1) is 6.20 Å². The number of hydrogen-bond donors (Lipinski definition) is 1. The maximum atomic E-state index is 12.5. The first kappa shape index (κ1) is 14.0. The van der Waals surface area contributed by atoms with Crippen LogP contribution in [-0.2, 0) is 16.4 Å². The number of aromatic nitrogens is 2. The summed E-state index contributed by atoms with van der Waals surface area (Å²) in [5.41, 5.74) is 0. The molecular formula is C11H18BrN3O2S. The van der Waals surface area contributed by atoms with Crippen LogP contribution in [0.2, 0.25) is 0 Å². The van der Waals surface area contributed by atoms with Crippen LogP contribution in [0.15, 0.2) is 11.2 Å². The number of halogens is 1. The molecule has 0 saturated heterocycles. The topological polar surface area (TPSA) is 66.1 Å². The Morgan fingerprint density at radius 3 is 2.72 bits per heavy atom. The minimum atomic E-state index is -3.43. The van der Waals surface area contributed by atoms with Gasteiger partial charge in [-0.15, -0.1) is 0 Å². The zero-order chi connectivity index (χ0) is 13.2. The fraction of sp³-hybridized carbons (Fsp3) is 0.727. The van der Waals surface area contributed by atoms with Crippen molar-refractivity contribution in [2.45, 2.75) is 43.7 Å². The maximum Gasteiger partial charge on any atom is 0.260 e. The summed E-state index contributed by atoms with van der Waals surface area (Å²) < 4.78 is 26.6. The van der Waals surface area contributed by atoms with Crippen molar-refractivity contribution in [3.05, 3.63) is 12.0 Å². The van der Waals surface area contributed by atoms with E-state index in [1.54, 1.807) is 4.31 Å². The molecule has 5 nitrogen and oxygen atoms in total. The second kappa shape index (κ2) is 5.71. The van der Waals surface area contributed by atoms with Crippen molar-refractivity contribution in [2.24, 2.45) is 0 Å². The molecule has 0 unspecified atom stereocenters. The van der Waals surface area contributed by atoms with Crippen LogP contribution in [-0.4, -0.2) is 40.6 Å². The number of nitrogens with zero attached hydrogens (tertiary/aromatic N) is 2. The van der Waals surface area contributed by atoms with Gasteiger partial charge in [0.2, 0.25) is 0 Å². The van der Waals surface area contributed by atoms with Crippen LogP contribution in [0.1, 0.15) is 32.0 Å². The number of sulfonamides is 1. The summed E-state index contributed by atoms with van der Waals surface area (Å²) in [6.45, 7) is 2.45. The molecule has 0 spiro atoms. The number of aromatic amines is 1. The van der Waals surface area contributed by atoms with E-state index in [0.717, 1.165) is 19.3 Å². The molecule has 0 aromatic carbocycles. The Morgan fingerprint density at radius 2 is 2.28 bits per heavy atom. The summed E-state index contributed by atoms with van der Waals surface area (Å²) in [5.74, 6) is 0.709. The highest BCUT2D eigenvalue weighted by atomic mass is 79.9. The summed E-state index contributed by atoms with van der Waals surface area (Å²) in [7, 11) is -3.43. The Morgan fingerprint density at radius 1 is 1.56 bits per heavy atom. The van der Waals surface area contributed by atoms with Gasteiger partial charge in [-0.3, -0.25) is 0 Å². The zero-order valence-corrected chi connectivity index (χ0v) is 12.8. The van der Waals surface area contributed by atoms with E-state index in [-0.39, 0.29) is 11.1 Å². The van der Waals surface area contributed by atoms with Gasteiger partial charge in [-0.05, 0) is 12.8 Å². The number of alkyl halides is 1. The molecule has 1 saturated carbocycles. The van der Waals surface area contributed by atoms with Crippen molar-refractivity contribution in [3.63, 3.8) is 0 Å². The van der Waals surface area contributed by atoms with Crippen molar-refractivity contribution in [3.8, 4) is 0 Å². The van der Waals surface area contributed by atoms with E-state index in [9.17, 15) is 8.42 Å². The van der Waals surface area contributed by atoms with Gasteiger partial charge < -0.3 is 4.98 Å². The lowest BCUT2D eigenvalue weighted by Gasteiger charge is -2.35. The number of rotatable bonds is 6. The quantitative estimate of drug-likeness (QED) is 0.807. The van der Waals surface area contributed by atoms with Gasteiger partial charge in [-0.1, -0.05) is 29.3 Å². The van der Waals surface area contributed by atoms with Crippen LogP contribution in [0.25, 0.3) is 0 Å². The maximum absolute atomic E-state index is 12.5. The van der Waals surface area contributed by atoms with Crippen LogP contribution < -0.4 is 0 Å². The number of hydrogen-bond acceptors (Lipinski definition) is 3. The van der Waals surface area contributed by atoms with E-state index in [1.165, 1.54) is 6.20 Å². The first-order chi connectivity index (χ1) is 8.59. The Balaban J connectivity index is 2.26. The van der Waals surface area contributed by atoms with Crippen LogP contribution >= 0.6 is 15.9 Å². The summed E-state index contributed by atoms with van der Waals surface area (Å²) in [5, 5.41) is 0.865. The average molecular weight is 336 g/mol. The van der Waals surface area contributed by atoms with Crippen molar-refractivity contribution < 1.29 is 8.42 Å².